The third kappa shape index (κ3) is 4.09. The van der Waals surface area contributed by atoms with Crippen LogP contribution < -0.4 is 5.32 Å². The van der Waals surface area contributed by atoms with Crippen LogP contribution in [0.3, 0.4) is 0 Å². The highest BCUT2D eigenvalue weighted by Gasteiger charge is 2.27. The van der Waals surface area contributed by atoms with E-state index in [1.807, 2.05) is 42.5 Å². The van der Waals surface area contributed by atoms with Crippen molar-refractivity contribution < 1.29 is 9.59 Å². The minimum absolute atomic E-state index is 0.0822. The van der Waals surface area contributed by atoms with E-state index in [4.69, 9.17) is 11.6 Å². The second-order valence-electron chi connectivity index (χ2n) is 5.99. The summed E-state index contributed by atoms with van der Waals surface area (Å²) in [5.74, 6) is -0.183. The summed E-state index contributed by atoms with van der Waals surface area (Å²) in [6.07, 6.45) is 3.87. The van der Waals surface area contributed by atoms with E-state index in [9.17, 15) is 9.59 Å². The third-order valence-corrected chi connectivity index (χ3v) is 4.50. The van der Waals surface area contributed by atoms with Crippen LogP contribution >= 0.6 is 11.6 Å². The SMILES string of the molecule is CC(=O)N1C=Cc2ccccc2[C@H]1CC(=O)NCc1ccc(Cl)cc1. The van der Waals surface area contributed by atoms with E-state index in [0.29, 0.717) is 11.6 Å². The summed E-state index contributed by atoms with van der Waals surface area (Å²) in [6, 6.07) is 14.9. The Labute approximate surface area is 152 Å². The van der Waals surface area contributed by atoms with Gasteiger partial charge in [0.15, 0.2) is 0 Å². The Kier molecular flexibility index (Phi) is 5.19. The van der Waals surface area contributed by atoms with Crippen LogP contribution in [0.4, 0.5) is 0 Å². The first-order valence-electron chi connectivity index (χ1n) is 8.12. The lowest BCUT2D eigenvalue weighted by atomic mass is 9.93. The monoisotopic (exact) mass is 354 g/mol. The second-order valence-corrected chi connectivity index (χ2v) is 6.43. The fraction of sp³-hybridized carbons (Fsp3) is 0.200. The molecule has 2 amide bonds. The average Bonchev–Trinajstić information content (AvgIpc) is 2.61. The number of hydrogen-bond acceptors (Lipinski definition) is 2. The molecular weight excluding hydrogens is 336 g/mol. The van der Waals surface area contributed by atoms with Crippen molar-refractivity contribution in [3.05, 3.63) is 76.4 Å². The minimum Gasteiger partial charge on any atom is -0.352 e. The van der Waals surface area contributed by atoms with Crippen molar-refractivity contribution in [1.82, 2.24) is 10.2 Å². The van der Waals surface area contributed by atoms with E-state index >= 15 is 0 Å². The summed E-state index contributed by atoms with van der Waals surface area (Å²) in [7, 11) is 0. The Bertz CT molecular complexity index is 815. The van der Waals surface area contributed by atoms with Gasteiger partial charge in [-0.15, -0.1) is 0 Å². The number of benzene rings is 2. The van der Waals surface area contributed by atoms with Gasteiger partial charge in [0.2, 0.25) is 11.8 Å². The zero-order valence-corrected chi connectivity index (χ0v) is 14.7. The minimum atomic E-state index is -0.288. The Hall–Kier alpha value is -2.59. The largest absolute Gasteiger partial charge is 0.352 e. The van der Waals surface area contributed by atoms with Gasteiger partial charge in [-0.05, 0) is 34.9 Å². The van der Waals surface area contributed by atoms with Gasteiger partial charge in [0, 0.05) is 24.7 Å². The van der Waals surface area contributed by atoms with Crippen molar-refractivity contribution in [2.45, 2.75) is 25.9 Å². The fourth-order valence-corrected chi connectivity index (χ4v) is 3.09. The normalized spacial score (nSPS) is 15.6. The maximum absolute atomic E-state index is 12.4. The molecule has 2 aromatic rings. The van der Waals surface area contributed by atoms with Crippen LogP contribution in [-0.2, 0) is 16.1 Å². The predicted octanol–water partition coefficient (Wildman–Crippen LogP) is 3.92. The number of nitrogens with zero attached hydrogens (tertiary/aromatic N) is 1. The smallest absolute Gasteiger partial charge is 0.223 e. The quantitative estimate of drug-likeness (QED) is 0.904. The van der Waals surface area contributed by atoms with Crippen LogP contribution in [0.15, 0.2) is 54.7 Å². The van der Waals surface area contributed by atoms with Crippen molar-refractivity contribution >= 4 is 29.5 Å². The molecule has 0 radical (unpaired) electrons. The maximum atomic E-state index is 12.4. The standard InChI is InChI=1S/C20H19ClN2O2/c1-14(24)23-11-10-16-4-2-3-5-18(16)19(23)12-20(25)22-13-15-6-8-17(21)9-7-15/h2-11,19H,12-13H2,1H3,(H,22,25)/t19-/m1/s1. The predicted molar refractivity (Wildman–Crippen MR) is 98.7 cm³/mol. The van der Waals surface area contributed by atoms with E-state index in [0.717, 1.165) is 16.7 Å². The van der Waals surface area contributed by atoms with Crippen LogP contribution in [0.5, 0.6) is 0 Å². The number of amides is 2. The molecule has 0 saturated carbocycles. The van der Waals surface area contributed by atoms with Crippen molar-refractivity contribution in [1.29, 1.82) is 0 Å². The molecule has 0 fully saturated rings. The number of carbonyl (C=O) groups is 2. The molecule has 1 heterocycles. The highest BCUT2D eigenvalue weighted by Crippen LogP contribution is 2.32. The van der Waals surface area contributed by atoms with Gasteiger partial charge in [-0.25, -0.2) is 0 Å². The summed E-state index contributed by atoms with van der Waals surface area (Å²) in [5.41, 5.74) is 3.00. The fourth-order valence-electron chi connectivity index (χ4n) is 2.96. The molecule has 0 unspecified atom stereocenters. The van der Waals surface area contributed by atoms with Gasteiger partial charge in [-0.1, -0.05) is 48.0 Å². The van der Waals surface area contributed by atoms with Gasteiger partial charge in [0.05, 0.1) is 12.5 Å². The molecule has 25 heavy (non-hydrogen) atoms. The molecule has 4 nitrogen and oxygen atoms in total. The molecule has 0 saturated heterocycles. The zero-order chi connectivity index (χ0) is 17.8. The van der Waals surface area contributed by atoms with Crippen LogP contribution in [0.25, 0.3) is 6.08 Å². The van der Waals surface area contributed by atoms with Crippen LogP contribution in [0.2, 0.25) is 5.02 Å². The Morgan fingerprint density at radius 3 is 2.56 bits per heavy atom. The maximum Gasteiger partial charge on any atom is 0.223 e. The molecule has 1 aliphatic heterocycles. The van der Waals surface area contributed by atoms with Crippen LogP contribution in [-0.4, -0.2) is 16.7 Å². The number of rotatable bonds is 4. The van der Waals surface area contributed by atoms with E-state index < -0.39 is 0 Å². The van der Waals surface area contributed by atoms with Crippen molar-refractivity contribution in [2.24, 2.45) is 0 Å². The summed E-state index contributed by atoms with van der Waals surface area (Å²) in [4.78, 5) is 26.0. The molecule has 1 atom stereocenters. The Balaban J connectivity index is 1.70. The van der Waals surface area contributed by atoms with Crippen molar-refractivity contribution in [3.63, 3.8) is 0 Å². The molecule has 0 spiro atoms. The van der Waals surface area contributed by atoms with Crippen LogP contribution in [0.1, 0.15) is 36.1 Å². The van der Waals surface area contributed by atoms with Crippen molar-refractivity contribution in [3.8, 4) is 0 Å². The molecule has 1 aliphatic rings. The number of hydrogen-bond donors (Lipinski definition) is 1. The number of nitrogens with one attached hydrogen (secondary N) is 1. The number of fused-ring (bicyclic) bond motifs is 1. The molecule has 128 valence electrons. The van der Waals surface area contributed by atoms with Gasteiger partial charge in [-0.2, -0.15) is 0 Å². The van der Waals surface area contributed by atoms with E-state index in [1.54, 1.807) is 23.2 Å². The first-order valence-corrected chi connectivity index (χ1v) is 8.49. The highest BCUT2D eigenvalue weighted by atomic mass is 35.5. The highest BCUT2D eigenvalue weighted by molar-refractivity contribution is 6.30. The summed E-state index contributed by atoms with van der Waals surface area (Å²) in [5, 5.41) is 3.58. The summed E-state index contributed by atoms with van der Waals surface area (Å²) >= 11 is 5.87. The molecule has 0 aromatic heterocycles. The van der Waals surface area contributed by atoms with E-state index in [1.165, 1.54) is 6.92 Å². The number of halogens is 1. The third-order valence-electron chi connectivity index (χ3n) is 4.25. The van der Waals surface area contributed by atoms with E-state index in [-0.39, 0.29) is 24.3 Å². The van der Waals surface area contributed by atoms with E-state index in [2.05, 4.69) is 5.32 Å². The molecular formula is C20H19ClN2O2. The lowest BCUT2D eigenvalue weighted by molar-refractivity contribution is -0.130. The first-order chi connectivity index (χ1) is 12.0. The Morgan fingerprint density at radius 2 is 1.84 bits per heavy atom. The van der Waals surface area contributed by atoms with Crippen LogP contribution in [0, 0.1) is 0 Å². The Morgan fingerprint density at radius 1 is 1.12 bits per heavy atom. The van der Waals surface area contributed by atoms with Gasteiger partial charge in [-0.3, -0.25) is 9.59 Å². The molecule has 2 aromatic carbocycles. The average molecular weight is 355 g/mol. The lowest BCUT2D eigenvalue weighted by Crippen LogP contribution is -2.35. The van der Waals surface area contributed by atoms with Gasteiger partial charge in [0.1, 0.15) is 0 Å². The lowest BCUT2D eigenvalue weighted by Gasteiger charge is -2.32. The number of carbonyl (C=O) groups excluding carboxylic acids is 2. The van der Waals surface area contributed by atoms with Gasteiger partial charge in [0.25, 0.3) is 0 Å². The van der Waals surface area contributed by atoms with Crippen molar-refractivity contribution in [2.75, 3.05) is 0 Å². The van der Waals surface area contributed by atoms with Gasteiger partial charge < -0.3 is 10.2 Å². The molecule has 5 heteroatoms. The summed E-state index contributed by atoms with van der Waals surface area (Å²) in [6.45, 7) is 1.94. The molecule has 0 aliphatic carbocycles. The first kappa shape index (κ1) is 17.2. The molecule has 0 bridgehead atoms. The molecule has 3 rings (SSSR count). The second kappa shape index (κ2) is 7.53. The van der Waals surface area contributed by atoms with Gasteiger partial charge >= 0.3 is 0 Å². The zero-order valence-electron chi connectivity index (χ0n) is 13.9. The topological polar surface area (TPSA) is 49.4 Å². The summed E-state index contributed by atoms with van der Waals surface area (Å²) < 4.78 is 0. The molecule has 1 N–H and O–H groups in total.